The fourth-order valence-corrected chi connectivity index (χ4v) is 3.45. The van der Waals surface area contributed by atoms with E-state index in [9.17, 15) is 4.39 Å². The van der Waals surface area contributed by atoms with Crippen LogP contribution >= 0.6 is 11.8 Å². The summed E-state index contributed by atoms with van der Waals surface area (Å²) in [6.45, 7) is 1.98. The molecule has 3 N–H and O–H groups in total. The van der Waals surface area contributed by atoms with Gasteiger partial charge >= 0.3 is 0 Å². The Labute approximate surface area is 122 Å². The van der Waals surface area contributed by atoms with Gasteiger partial charge in [-0.1, -0.05) is 6.07 Å². The molecule has 0 aromatic heterocycles. The number of ether oxygens (including phenoxy) is 1. The van der Waals surface area contributed by atoms with E-state index in [1.165, 1.54) is 13.2 Å². The maximum Gasteiger partial charge on any atom is 0.165 e. The fourth-order valence-electron chi connectivity index (χ4n) is 2.19. The van der Waals surface area contributed by atoms with Gasteiger partial charge in [0.1, 0.15) is 0 Å². The fraction of sp³-hybridized carbons (Fsp3) is 0.429. The molecule has 6 heteroatoms. The van der Waals surface area contributed by atoms with Crippen molar-refractivity contribution in [3.05, 3.63) is 29.6 Å². The number of aliphatic imine (C=N–C) groups is 1. The van der Waals surface area contributed by atoms with Gasteiger partial charge in [0, 0.05) is 5.75 Å². The van der Waals surface area contributed by atoms with Gasteiger partial charge in [0.05, 0.1) is 29.9 Å². The minimum atomic E-state index is -0.469. The molecule has 1 aromatic rings. The second-order valence-corrected chi connectivity index (χ2v) is 6.10. The first-order valence-corrected chi connectivity index (χ1v) is 7.31. The van der Waals surface area contributed by atoms with Gasteiger partial charge in [0.15, 0.2) is 11.6 Å². The van der Waals surface area contributed by atoms with E-state index < -0.39 is 5.54 Å². The molecule has 0 spiro atoms. The summed E-state index contributed by atoms with van der Waals surface area (Å²) in [5.41, 5.74) is 5.77. The van der Waals surface area contributed by atoms with Crippen LogP contribution in [0.3, 0.4) is 0 Å². The topological polar surface area (TPSA) is 71.5 Å². The van der Waals surface area contributed by atoms with Crippen molar-refractivity contribution in [1.29, 1.82) is 5.41 Å². The van der Waals surface area contributed by atoms with Crippen LogP contribution in [0.2, 0.25) is 0 Å². The average Bonchev–Trinajstić information content (AvgIpc) is 2.38. The molecule has 1 unspecified atom stereocenters. The zero-order valence-electron chi connectivity index (χ0n) is 11.6. The lowest BCUT2D eigenvalue weighted by Crippen LogP contribution is -2.27. The molecule has 0 amide bonds. The number of nitrogens with one attached hydrogen (secondary N) is 1. The predicted octanol–water partition coefficient (Wildman–Crippen LogP) is 2.91. The molecule has 0 saturated heterocycles. The molecular weight excluding hydrogens is 277 g/mol. The Hall–Kier alpha value is -1.56. The lowest BCUT2D eigenvalue weighted by molar-refractivity contribution is 0.384. The van der Waals surface area contributed by atoms with Crippen LogP contribution in [-0.4, -0.2) is 23.7 Å². The van der Waals surface area contributed by atoms with E-state index in [2.05, 4.69) is 4.99 Å². The van der Waals surface area contributed by atoms with Crippen LogP contribution in [0.4, 0.5) is 4.39 Å². The van der Waals surface area contributed by atoms with Crippen molar-refractivity contribution in [2.45, 2.75) is 25.3 Å². The number of halogens is 1. The third kappa shape index (κ3) is 3.12. The van der Waals surface area contributed by atoms with Crippen molar-refractivity contribution in [1.82, 2.24) is 0 Å². The highest BCUT2D eigenvalue weighted by Gasteiger charge is 2.30. The minimum absolute atomic E-state index is 0.0985. The summed E-state index contributed by atoms with van der Waals surface area (Å²) >= 11 is 1.61. The third-order valence-electron chi connectivity index (χ3n) is 3.34. The second kappa shape index (κ2) is 5.83. The zero-order chi connectivity index (χ0) is 14.8. The Kier molecular flexibility index (Phi) is 4.32. The number of hydrogen-bond acceptors (Lipinski definition) is 4. The predicted molar refractivity (Wildman–Crippen MR) is 81.3 cm³/mol. The molecular formula is C14H18FN3OS. The quantitative estimate of drug-likeness (QED) is 0.662. The molecule has 0 bridgehead atoms. The number of hydrogen-bond donors (Lipinski definition) is 2. The van der Waals surface area contributed by atoms with E-state index >= 15 is 0 Å². The van der Waals surface area contributed by atoms with Crippen molar-refractivity contribution in [3.63, 3.8) is 0 Å². The highest BCUT2D eigenvalue weighted by atomic mass is 32.2. The van der Waals surface area contributed by atoms with Crippen molar-refractivity contribution in [3.8, 4) is 5.75 Å². The molecule has 2 rings (SSSR count). The first-order chi connectivity index (χ1) is 9.44. The molecule has 0 fully saturated rings. The number of nitrogens with two attached hydrogens (primary N) is 1. The van der Waals surface area contributed by atoms with Crippen LogP contribution < -0.4 is 10.5 Å². The molecule has 4 nitrogen and oxygen atoms in total. The number of thioether (sulfide) groups is 1. The van der Waals surface area contributed by atoms with Crippen molar-refractivity contribution >= 4 is 22.6 Å². The number of methoxy groups -OCH3 is 1. The van der Waals surface area contributed by atoms with Crippen LogP contribution in [0.25, 0.3) is 0 Å². The van der Waals surface area contributed by atoms with E-state index in [0.29, 0.717) is 6.42 Å². The Morgan fingerprint density at radius 1 is 1.60 bits per heavy atom. The van der Waals surface area contributed by atoms with Crippen LogP contribution in [-0.2, 0) is 5.54 Å². The third-order valence-corrected chi connectivity index (χ3v) is 4.32. The van der Waals surface area contributed by atoms with Crippen molar-refractivity contribution in [2.24, 2.45) is 10.7 Å². The first-order valence-electron chi connectivity index (χ1n) is 6.33. The standard InChI is InChI=1S/C14H18FN3OS/c1-14(5-6-20-13(18-14)8-12(16)17)9-3-4-11(19-2)10(15)7-9/h3-4,7H,5-6,8H2,1-2H3,(H3,16,17). The molecule has 108 valence electrons. The number of rotatable bonds is 4. The monoisotopic (exact) mass is 295 g/mol. The van der Waals surface area contributed by atoms with Crippen LogP contribution in [0.15, 0.2) is 23.2 Å². The van der Waals surface area contributed by atoms with Gasteiger partial charge in [0.25, 0.3) is 0 Å². The maximum absolute atomic E-state index is 13.8. The molecule has 0 radical (unpaired) electrons. The van der Waals surface area contributed by atoms with Crippen LogP contribution in [0, 0.1) is 11.2 Å². The normalized spacial score (nSPS) is 22.2. The van der Waals surface area contributed by atoms with E-state index in [0.717, 1.165) is 22.8 Å². The molecule has 20 heavy (non-hydrogen) atoms. The Bertz CT molecular complexity index is 561. The molecule has 1 aliphatic heterocycles. The van der Waals surface area contributed by atoms with Crippen molar-refractivity contribution in [2.75, 3.05) is 12.9 Å². The van der Waals surface area contributed by atoms with Crippen LogP contribution in [0.5, 0.6) is 5.75 Å². The largest absolute Gasteiger partial charge is 0.494 e. The van der Waals surface area contributed by atoms with Gasteiger partial charge in [-0.25, -0.2) is 4.39 Å². The minimum Gasteiger partial charge on any atom is -0.494 e. The summed E-state index contributed by atoms with van der Waals surface area (Å²) < 4.78 is 18.8. The maximum atomic E-state index is 13.8. The van der Waals surface area contributed by atoms with Gasteiger partial charge in [0.2, 0.25) is 0 Å². The average molecular weight is 295 g/mol. The Morgan fingerprint density at radius 3 is 2.95 bits per heavy atom. The SMILES string of the molecule is COc1ccc(C2(C)CCSC(CC(=N)N)=N2)cc1F. The summed E-state index contributed by atoms with van der Waals surface area (Å²) in [6, 6.07) is 4.94. The summed E-state index contributed by atoms with van der Waals surface area (Å²) in [7, 11) is 1.44. The molecule has 1 aliphatic rings. The molecule has 0 saturated carbocycles. The number of amidine groups is 1. The summed E-state index contributed by atoms with van der Waals surface area (Å²) in [4.78, 5) is 4.67. The summed E-state index contributed by atoms with van der Waals surface area (Å²) in [6.07, 6.45) is 1.18. The lowest BCUT2D eigenvalue weighted by atomic mass is 9.89. The van der Waals surface area contributed by atoms with Gasteiger partial charge in [-0.2, -0.15) is 0 Å². The first kappa shape index (κ1) is 14.8. The lowest BCUT2D eigenvalue weighted by Gasteiger charge is -2.31. The van der Waals surface area contributed by atoms with Crippen LogP contribution in [0.1, 0.15) is 25.3 Å². The van der Waals surface area contributed by atoms with E-state index in [-0.39, 0.29) is 17.4 Å². The van der Waals surface area contributed by atoms with E-state index in [1.54, 1.807) is 17.8 Å². The molecule has 1 aromatic carbocycles. The highest BCUT2D eigenvalue weighted by molar-refractivity contribution is 8.14. The zero-order valence-corrected chi connectivity index (χ0v) is 12.4. The Morgan fingerprint density at radius 2 is 2.35 bits per heavy atom. The summed E-state index contributed by atoms with van der Waals surface area (Å²) in [5, 5.41) is 8.19. The molecule has 1 heterocycles. The highest BCUT2D eigenvalue weighted by Crippen LogP contribution is 2.37. The number of nitrogens with zero attached hydrogens (tertiary/aromatic N) is 1. The van der Waals surface area contributed by atoms with Gasteiger partial charge < -0.3 is 10.5 Å². The summed E-state index contributed by atoms with van der Waals surface area (Å²) in [5.74, 6) is 0.834. The van der Waals surface area contributed by atoms with Gasteiger partial charge in [-0.05, 0) is 31.0 Å². The molecule has 0 aliphatic carbocycles. The number of benzene rings is 1. The molecule has 1 atom stereocenters. The van der Waals surface area contributed by atoms with Gasteiger partial charge in [-0.15, -0.1) is 11.8 Å². The van der Waals surface area contributed by atoms with E-state index in [4.69, 9.17) is 15.9 Å². The van der Waals surface area contributed by atoms with Crippen molar-refractivity contribution < 1.29 is 9.13 Å². The van der Waals surface area contributed by atoms with Gasteiger partial charge in [-0.3, -0.25) is 10.4 Å². The van der Waals surface area contributed by atoms with E-state index in [1.807, 2.05) is 13.0 Å². The Balaban J connectivity index is 2.34. The second-order valence-electron chi connectivity index (χ2n) is 4.93. The smallest absolute Gasteiger partial charge is 0.165 e.